The molecule has 2 aliphatic heterocycles. The molecule has 3 aromatic carbocycles. The van der Waals surface area contributed by atoms with Gasteiger partial charge in [-0.2, -0.15) is 0 Å². The molecule has 1 atom stereocenters. The average Bonchev–Trinajstić information content (AvgIpc) is 3.41. The number of likely N-dealkylation sites (tertiary alicyclic amines) is 1. The van der Waals surface area contributed by atoms with Gasteiger partial charge in [0.2, 0.25) is 0 Å². The number of aromatic nitrogens is 2. The molecule has 11 heteroatoms. The number of aliphatic hydroxyl groups excluding tert-OH is 1. The van der Waals surface area contributed by atoms with Crippen LogP contribution in [0, 0.1) is 5.82 Å². The Bertz CT molecular complexity index is 1600. The van der Waals surface area contributed by atoms with Crippen molar-refractivity contribution in [3.05, 3.63) is 95.3 Å². The summed E-state index contributed by atoms with van der Waals surface area (Å²) in [5, 5.41) is 25.0. The van der Waals surface area contributed by atoms with Crippen LogP contribution in [-0.2, 0) is 6.61 Å². The Labute approximate surface area is 235 Å². The van der Waals surface area contributed by atoms with E-state index in [0.717, 1.165) is 47.4 Å². The first-order chi connectivity index (χ1) is 19.5. The lowest BCUT2D eigenvalue weighted by molar-refractivity contribution is 0.0937. The first-order valence-electron chi connectivity index (χ1n) is 13.0. The number of nitrogens with one attached hydrogen (secondary N) is 1. The summed E-state index contributed by atoms with van der Waals surface area (Å²) in [5.74, 6) is 0.800. The van der Waals surface area contributed by atoms with E-state index in [2.05, 4.69) is 30.5 Å². The minimum Gasteiger partial charge on any atom is -0.487 e. The molecule has 0 saturated carbocycles. The van der Waals surface area contributed by atoms with Crippen LogP contribution < -0.4 is 15.1 Å². The molecule has 2 N–H and O–H groups in total. The van der Waals surface area contributed by atoms with Gasteiger partial charge in [-0.15, -0.1) is 5.11 Å². The van der Waals surface area contributed by atoms with Gasteiger partial charge < -0.3 is 20.1 Å². The topological polar surface area (TPSA) is 98.5 Å². The van der Waals surface area contributed by atoms with Crippen LogP contribution in [0.2, 0.25) is 5.02 Å². The van der Waals surface area contributed by atoms with E-state index in [-0.39, 0.29) is 18.5 Å². The van der Waals surface area contributed by atoms with E-state index >= 15 is 0 Å². The number of fused-ring (bicyclic) bond motifs is 1. The molecule has 1 saturated heterocycles. The number of hydrogen-bond donors (Lipinski definition) is 2. The van der Waals surface area contributed by atoms with Crippen molar-refractivity contribution < 1.29 is 14.2 Å². The van der Waals surface area contributed by atoms with E-state index in [1.807, 2.05) is 35.5 Å². The van der Waals surface area contributed by atoms with Crippen LogP contribution in [0.3, 0.4) is 0 Å². The Morgan fingerprint density at radius 2 is 2.05 bits per heavy atom. The second-order valence-corrected chi connectivity index (χ2v) is 10.2. The lowest BCUT2D eigenvalue weighted by atomic mass is 10.1. The van der Waals surface area contributed by atoms with Gasteiger partial charge in [0.25, 0.3) is 0 Å². The molecule has 0 spiro atoms. The predicted octanol–water partition coefficient (Wildman–Crippen LogP) is 6.23. The lowest BCUT2D eigenvalue weighted by Gasteiger charge is -2.29. The molecule has 0 amide bonds. The fourth-order valence-electron chi connectivity index (χ4n) is 4.77. The molecule has 2 aliphatic rings. The van der Waals surface area contributed by atoms with Crippen LogP contribution in [-0.4, -0.2) is 45.7 Å². The van der Waals surface area contributed by atoms with E-state index in [1.165, 1.54) is 18.5 Å². The van der Waals surface area contributed by atoms with Gasteiger partial charge in [0.05, 0.1) is 28.9 Å². The second kappa shape index (κ2) is 11.4. The number of halogens is 2. The van der Waals surface area contributed by atoms with E-state index in [9.17, 15) is 9.50 Å². The van der Waals surface area contributed by atoms with Crippen LogP contribution >= 0.6 is 11.6 Å². The lowest BCUT2D eigenvalue weighted by Crippen LogP contribution is -2.35. The number of piperidine rings is 1. The van der Waals surface area contributed by atoms with Gasteiger partial charge in [0.1, 0.15) is 36.0 Å². The number of anilines is 3. The molecule has 1 fully saturated rings. The summed E-state index contributed by atoms with van der Waals surface area (Å²) in [4.78, 5) is 11.0. The number of aliphatic hydroxyl groups is 1. The number of ether oxygens (including phenoxy) is 1. The molecular formula is C29H27ClFN7O2. The molecule has 0 aliphatic carbocycles. The van der Waals surface area contributed by atoms with Gasteiger partial charge in [-0.3, -0.25) is 0 Å². The zero-order valence-electron chi connectivity index (χ0n) is 21.5. The number of hydrogen-bond acceptors (Lipinski definition) is 9. The average molecular weight is 560 g/mol. The summed E-state index contributed by atoms with van der Waals surface area (Å²) >= 11 is 6.49. The molecule has 40 heavy (non-hydrogen) atoms. The summed E-state index contributed by atoms with van der Waals surface area (Å²) < 4.78 is 19.2. The monoisotopic (exact) mass is 559 g/mol. The second-order valence-electron chi connectivity index (χ2n) is 9.77. The van der Waals surface area contributed by atoms with Gasteiger partial charge in [0.15, 0.2) is 0 Å². The molecular weight excluding hydrogens is 533 g/mol. The Morgan fingerprint density at radius 3 is 2.90 bits per heavy atom. The van der Waals surface area contributed by atoms with Crippen molar-refractivity contribution in [1.29, 1.82) is 0 Å². The first kappa shape index (κ1) is 26.0. The Balaban J connectivity index is 1.16. The van der Waals surface area contributed by atoms with Gasteiger partial charge in [0, 0.05) is 30.4 Å². The van der Waals surface area contributed by atoms with Crippen molar-refractivity contribution in [1.82, 2.24) is 14.9 Å². The summed E-state index contributed by atoms with van der Waals surface area (Å²) in [6, 6.07) is 17.5. The van der Waals surface area contributed by atoms with Crippen molar-refractivity contribution in [2.75, 3.05) is 30.0 Å². The van der Waals surface area contributed by atoms with E-state index < -0.39 is 0 Å². The SMILES string of the molecule is OC1CCCN(/C=C2\CN(c3ccc4ncnc(Nc5ccc(OCc6cccc(F)c6)c(Cl)c5)c4c3)N=N2)C1. The zero-order valence-corrected chi connectivity index (χ0v) is 22.3. The number of benzene rings is 3. The van der Waals surface area contributed by atoms with Crippen LogP contribution in [0.4, 0.5) is 21.6 Å². The van der Waals surface area contributed by atoms with Crippen molar-refractivity contribution in [3.63, 3.8) is 0 Å². The molecule has 0 bridgehead atoms. The highest BCUT2D eigenvalue weighted by molar-refractivity contribution is 6.32. The third-order valence-corrected chi connectivity index (χ3v) is 7.04. The normalized spacial score (nSPS) is 18.1. The minimum absolute atomic E-state index is 0.203. The Kier molecular flexibility index (Phi) is 7.43. The van der Waals surface area contributed by atoms with Crippen molar-refractivity contribution in [3.8, 4) is 5.75 Å². The van der Waals surface area contributed by atoms with Gasteiger partial charge in [-0.25, -0.2) is 19.4 Å². The van der Waals surface area contributed by atoms with Crippen LogP contribution in [0.5, 0.6) is 5.75 Å². The first-order valence-corrected chi connectivity index (χ1v) is 13.4. The van der Waals surface area contributed by atoms with E-state index in [4.69, 9.17) is 16.3 Å². The van der Waals surface area contributed by atoms with Crippen LogP contribution in [0.15, 0.2) is 89.2 Å². The van der Waals surface area contributed by atoms with Crippen LogP contribution in [0.1, 0.15) is 18.4 Å². The highest BCUT2D eigenvalue weighted by Crippen LogP contribution is 2.33. The molecule has 0 radical (unpaired) electrons. The Morgan fingerprint density at radius 1 is 1.12 bits per heavy atom. The molecule has 1 unspecified atom stereocenters. The highest BCUT2D eigenvalue weighted by Gasteiger charge is 2.20. The maximum atomic E-state index is 13.4. The summed E-state index contributed by atoms with van der Waals surface area (Å²) in [6.45, 7) is 2.25. The third kappa shape index (κ3) is 5.98. The number of β-amino-alcohol motifs (C(OH)–C–C–N with tert-alkyl or cyclic N) is 1. The summed E-state index contributed by atoms with van der Waals surface area (Å²) in [7, 11) is 0. The predicted molar refractivity (Wildman–Crippen MR) is 152 cm³/mol. The third-order valence-electron chi connectivity index (χ3n) is 6.75. The smallest absolute Gasteiger partial charge is 0.141 e. The fourth-order valence-corrected chi connectivity index (χ4v) is 5.01. The molecule has 3 heterocycles. The zero-order chi connectivity index (χ0) is 27.5. The van der Waals surface area contributed by atoms with Crippen molar-refractivity contribution >= 4 is 39.7 Å². The van der Waals surface area contributed by atoms with Gasteiger partial charge in [-0.1, -0.05) is 29.0 Å². The number of rotatable bonds is 7. The number of nitrogens with zero attached hydrogens (tertiary/aromatic N) is 6. The summed E-state index contributed by atoms with van der Waals surface area (Å²) in [5.41, 5.74) is 3.91. The van der Waals surface area contributed by atoms with E-state index in [0.29, 0.717) is 35.2 Å². The van der Waals surface area contributed by atoms with Crippen molar-refractivity contribution in [2.45, 2.75) is 25.6 Å². The molecule has 9 nitrogen and oxygen atoms in total. The molecule has 6 rings (SSSR count). The highest BCUT2D eigenvalue weighted by atomic mass is 35.5. The van der Waals surface area contributed by atoms with Gasteiger partial charge in [-0.05, 0) is 66.9 Å². The standard InChI is InChI=1S/C29H27ClFN7O2/c30-26-12-21(6-9-28(26)40-17-19-3-1-4-20(31)11-19)34-29-25-13-23(7-8-27(25)32-18-33-29)38-15-22(35-36-38)14-37-10-2-5-24(39)16-37/h1,3-4,6-9,11-14,18,24,39H,2,5,10,15-17H2,(H,32,33,34)/b22-14+. The van der Waals surface area contributed by atoms with Gasteiger partial charge >= 0.3 is 0 Å². The minimum atomic E-state index is -0.310. The quantitative estimate of drug-likeness (QED) is 0.277. The Hall–Kier alpha value is -4.28. The fraction of sp³-hybridized carbons (Fsp3) is 0.241. The largest absolute Gasteiger partial charge is 0.487 e. The van der Waals surface area contributed by atoms with E-state index in [1.54, 1.807) is 24.3 Å². The summed E-state index contributed by atoms with van der Waals surface area (Å²) in [6.07, 6.45) is 4.99. The molecule has 1 aromatic heterocycles. The maximum absolute atomic E-state index is 13.4. The molecule has 204 valence electrons. The van der Waals surface area contributed by atoms with Crippen molar-refractivity contribution in [2.24, 2.45) is 10.3 Å². The molecule has 4 aromatic rings. The van der Waals surface area contributed by atoms with Crippen LogP contribution in [0.25, 0.3) is 10.9 Å². The maximum Gasteiger partial charge on any atom is 0.141 e.